The summed E-state index contributed by atoms with van der Waals surface area (Å²) in [7, 11) is 0. The molecule has 2 aromatic rings. The van der Waals surface area contributed by atoms with E-state index < -0.39 is 0 Å². The SMILES string of the molecule is CCC1CCCCN1C(=O)c1cc(Nc2ccc(OC(C)C)cc2)ncn1. The first kappa shape index (κ1) is 19.1. The van der Waals surface area contributed by atoms with Crippen LogP contribution in [0.25, 0.3) is 0 Å². The second-order valence-corrected chi connectivity index (χ2v) is 7.16. The second-order valence-electron chi connectivity index (χ2n) is 7.16. The van der Waals surface area contributed by atoms with Gasteiger partial charge >= 0.3 is 0 Å². The molecule has 1 aromatic carbocycles. The van der Waals surface area contributed by atoms with E-state index in [1.54, 1.807) is 6.07 Å². The zero-order valence-corrected chi connectivity index (χ0v) is 16.3. The summed E-state index contributed by atoms with van der Waals surface area (Å²) in [4.78, 5) is 23.3. The number of nitrogens with one attached hydrogen (secondary N) is 1. The standard InChI is InChI=1S/C21H28N4O2/c1-4-17-7-5-6-12-25(17)21(26)19-13-20(23-14-22-19)24-16-8-10-18(11-9-16)27-15(2)3/h8-11,13-15,17H,4-7,12H2,1-3H3,(H,22,23,24). The minimum absolute atomic E-state index is 0.00678. The van der Waals surface area contributed by atoms with E-state index in [9.17, 15) is 4.79 Å². The number of anilines is 2. The Morgan fingerprint density at radius 3 is 2.74 bits per heavy atom. The number of hydrogen-bond donors (Lipinski definition) is 1. The van der Waals surface area contributed by atoms with Crippen molar-refractivity contribution < 1.29 is 9.53 Å². The van der Waals surface area contributed by atoms with Gasteiger partial charge in [0.05, 0.1) is 6.10 Å². The third kappa shape index (κ3) is 4.96. The van der Waals surface area contributed by atoms with Gasteiger partial charge in [-0.1, -0.05) is 6.92 Å². The topological polar surface area (TPSA) is 67.4 Å². The number of amides is 1. The monoisotopic (exact) mass is 368 g/mol. The van der Waals surface area contributed by atoms with Crippen molar-refractivity contribution in [2.45, 2.75) is 58.6 Å². The van der Waals surface area contributed by atoms with Gasteiger partial charge in [0.15, 0.2) is 0 Å². The van der Waals surface area contributed by atoms with Crippen LogP contribution in [-0.2, 0) is 0 Å². The Bertz CT molecular complexity index is 761. The summed E-state index contributed by atoms with van der Waals surface area (Å²) in [5.74, 6) is 1.42. The molecule has 1 fully saturated rings. The molecule has 1 saturated heterocycles. The van der Waals surface area contributed by atoms with E-state index in [-0.39, 0.29) is 12.0 Å². The molecule has 1 N–H and O–H groups in total. The highest BCUT2D eigenvalue weighted by Crippen LogP contribution is 2.23. The molecule has 1 aliphatic heterocycles. The molecule has 2 heterocycles. The van der Waals surface area contributed by atoms with E-state index in [0.717, 1.165) is 37.2 Å². The van der Waals surface area contributed by atoms with Gasteiger partial charge in [0.1, 0.15) is 23.6 Å². The Morgan fingerprint density at radius 1 is 1.26 bits per heavy atom. The molecular formula is C21H28N4O2. The fourth-order valence-corrected chi connectivity index (χ4v) is 3.42. The lowest BCUT2D eigenvalue weighted by atomic mass is 9.99. The molecule has 0 spiro atoms. The number of ether oxygens (including phenoxy) is 1. The van der Waals surface area contributed by atoms with Gasteiger partial charge in [0, 0.05) is 24.3 Å². The molecular weight excluding hydrogens is 340 g/mol. The zero-order chi connectivity index (χ0) is 19.2. The van der Waals surface area contributed by atoms with Crippen molar-refractivity contribution in [2.24, 2.45) is 0 Å². The van der Waals surface area contributed by atoms with Crippen LogP contribution < -0.4 is 10.1 Å². The van der Waals surface area contributed by atoms with E-state index in [4.69, 9.17) is 4.74 Å². The lowest BCUT2D eigenvalue weighted by Gasteiger charge is -2.35. The van der Waals surface area contributed by atoms with Crippen molar-refractivity contribution in [3.63, 3.8) is 0 Å². The van der Waals surface area contributed by atoms with E-state index in [0.29, 0.717) is 17.6 Å². The number of piperidine rings is 1. The summed E-state index contributed by atoms with van der Waals surface area (Å²) < 4.78 is 5.65. The average Bonchev–Trinajstić information content (AvgIpc) is 2.69. The molecule has 3 rings (SSSR count). The molecule has 144 valence electrons. The van der Waals surface area contributed by atoms with Crippen LogP contribution >= 0.6 is 0 Å². The first-order valence-corrected chi connectivity index (χ1v) is 9.73. The summed E-state index contributed by atoms with van der Waals surface area (Å²) in [5, 5.41) is 3.23. The fourth-order valence-electron chi connectivity index (χ4n) is 3.42. The molecule has 0 saturated carbocycles. The average molecular weight is 368 g/mol. The molecule has 0 aliphatic carbocycles. The van der Waals surface area contributed by atoms with E-state index in [1.807, 2.05) is 43.0 Å². The lowest BCUT2D eigenvalue weighted by Crippen LogP contribution is -2.43. The Hall–Kier alpha value is -2.63. The minimum atomic E-state index is -0.00678. The molecule has 1 atom stereocenters. The Kier molecular flexibility index (Phi) is 6.27. The highest BCUT2D eigenvalue weighted by Gasteiger charge is 2.27. The van der Waals surface area contributed by atoms with Crippen molar-refractivity contribution in [2.75, 3.05) is 11.9 Å². The quantitative estimate of drug-likeness (QED) is 0.818. The normalized spacial score (nSPS) is 17.0. The largest absolute Gasteiger partial charge is 0.491 e. The van der Waals surface area contributed by atoms with Crippen LogP contribution in [0.2, 0.25) is 0 Å². The van der Waals surface area contributed by atoms with Crippen molar-refractivity contribution >= 4 is 17.4 Å². The highest BCUT2D eigenvalue weighted by molar-refractivity contribution is 5.93. The van der Waals surface area contributed by atoms with E-state index in [1.165, 1.54) is 12.7 Å². The van der Waals surface area contributed by atoms with Gasteiger partial charge in [-0.25, -0.2) is 9.97 Å². The van der Waals surface area contributed by atoms with Gasteiger partial charge in [-0.3, -0.25) is 4.79 Å². The molecule has 6 nitrogen and oxygen atoms in total. The number of rotatable bonds is 6. The number of likely N-dealkylation sites (tertiary alicyclic amines) is 1. The maximum atomic E-state index is 12.9. The molecule has 1 aliphatic rings. The van der Waals surface area contributed by atoms with Crippen molar-refractivity contribution in [1.82, 2.24) is 14.9 Å². The molecule has 1 unspecified atom stereocenters. The number of aromatic nitrogens is 2. The first-order valence-electron chi connectivity index (χ1n) is 9.73. The molecule has 27 heavy (non-hydrogen) atoms. The summed E-state index contributed by atoms with van der Waals surface area (Å²) in [6.07, 6.45) is 5.88. The number of carbonyl (C=O) groups is 1. The van der Waals surface area contributed by atoms with Crippen LogP contribution in [0.3, 0.4) is 0 Å². The Morgan fingerprint density at radius 2 is 2.04 bits per heavy atom. The van der Waals surface area contributed by atoms with Gasteiger partial charge in [-0.05, 0) is 63.8 Å². The van der Waals surface area contributed by atoms with Crippen molar-refractivity contribution in [3.05, 3.63) is 42.4 Å². The van der Waals surface area contributed by atoms with Gasteiger partial charge in [-0.2, -0.15) is 0 Å². The summed E-state index contributed by atoms with van der Waals surface area (Å²) in [5.41, 5.74) is 1.32. The maximum Gasteiger partial charge on any atom is 0.272 e. The lowest BCUT2D eigenvalue weighted by molar-refractivity contribution is 0.0602. The maximum absolute atomic E-state index is 12.9. The van der Waals surface area contributed by atoms with Crippen LogP contribution in [0.4, 0.5) is 11.5 Å². The third-order valence-corrected chi connectivity index (χ3v) is 4.74. The van der Waals surface area contributed by atoms with E-state index in [2.05, 4.69) is 22.2 Å². The Labute approximate surface area is 161 Å². The molecule has 0 bridgehead atoms. The third-order valence-electron chi connectivity index (χ3n) is 4.74. The molecule has 6 heteroatoms. The van der Waals surface area contributed by atoms with Crippen molar-refractivity contribution in [3.8, 4) is 5.75 Å². The van der Waals surface area contributed by atoms with Crippen molar-refractivity contribution in [1.29, 1.82) is 0 Å². The van der Waals surface area contributed by atoms with Gasteiger partial charge in [0.25, 0.3) is 5.91 Å². The number of benzene rings is 1. The van der Waals surface area contributed by atoms with Crippen LogP contribution in [0.15, 0.2) is 36.7 Å². The predicted molar refractivity (Wildman–Crippen MR) is 106 cm³/mol. The van der Waals surface area contributed by atoms with Crippen LogP contribution in [0, 0.1) is 0 Å². The minimum Gasteiger partial charge on any atom is -0.491 e. The number of carbonyl (C=O) groups excluding carboxylic acids is 1. The fraction of sp³-hybridized carbons (Fsp3) is 0.476. The summed E-state index contributed by atoms with van der Waals surface area (Å²) >= 11 is 0. The molecule has 1 amide bonds. The number of nitrogens with zero attached hydrogens (tertiary/aromatic N) is 3. The molecule has 0 radical (unpaired) electrons. The van der Waals surface area contributed by atoms with Crippen LogP contribution in [-0.4, -0.2) is 39.5 Å². The van der Waals surface area contributed by atoms with Crippen LogP contribution in [0.5, 0.6) is 5.75 Å². The van der Waals surface area contributed by atoms with Gasteiger partial charge in [0.2, 0.25) is 0 Å². The van der Waals surface area contributed by atoms with Gasteiger partial charge < -0.3 is 15.0 Å². The highest BCUT2D eigenvalue weighted by atomic mass is 16.5. The van der Waals surface area contributed by atoms with Crippen LogP contribution in [0.1, 0.15) is 56.9 Å². The van der Waals surface area contributed by atoms with Gasteiger partial charge in [-0.15, -0.1) is 0 Å². The first-order chi connectivity index (χ1) is 13.1. The Balaban J connectivity index is 1.70. The predicted octanol–water partition coefficient (Wildman–Crippen LogP) is 4.41. The number of hydrogen-bond acceptors (Lipinski definition) is 5. The smallest absolute Gasteiger partial charge is 0.272 e. The summed E-state index contributed by atoms with van der Waals surface area (Å²) in [6.45, 7) is 6.94. The second kappa shape index (κ2) is 8.84. The summed E-state index contributed by atoms with van der Waals surface area (Å²) in [6, 6.07) is 9.72. The molecule has 1 aromatic heterocycles. The van der Waals surface area contributed by atoms with E-state index >= 15 is 0 Å². The zero-order valence-electron chi connectivity index (χ0n) is 16.3.